The van der Waals surface area contributed by atoms with E-state index >= 15 is 0 Å². The Morgan fingerprint density at radius 3 is 2.83 bits per heavy atom. The topological polar surface area (TPSA) is 93.4 Å². The van der Waals surface area contributed by atoms with Gasteiger partial charge in [-0.1, -0.05) is 12.2 Å². The predicted molar refractivity (Wildman–Crippen MR) is 68.5 cm³/mol. The van der Waals surface area contributed by atoms with Gasteiger partial charge in [0.2, 0.25) is 0 Å². The van der Waals surface area contributed by atoms with Crippen LogP contribution in [0.5, 0.6) is 0 Å². The average Bonchev–Trinajstić information content (AvgIpc) is 2.50. The molecule has 0 aliphatic carbocycles. The Morgan fingerprint density at radius 1 is 1.50 bits per heavy atom. The maximum absolute atomic E-state index is 12.0. The summed E-state index contributed by atoms with van der Waals surface area (Å²) in [6.07, 6.45) is 2.16. The van der Waals surface area contributed by atoms with E-state index in [1.54, 1.807) is 0 Å². The maximum atomic E-state index is 12.0. The Hall–Kier alpha value is -1.54. The van der Waals surface area contributed by atoms with Crippen LogP contribution in [-0.2, 0) is 10.0 Å². The third kappa shape index (κ3) is 2.08. The number of nitrogens with zero attached hydrogens (tertiary/aromatic N) is 2. The minimum atomic E-state index is -3.80. The number of fused-ring (bicyclic) bond motifs is 1. The summed E-state index contributed by atoms with van der Waals surface area (Å²) in [5.74, 6) is -0.541. The van der Waals surface area contributed by atoms with Gasteiger partial charge in [0.25, 0.3) is 15.9 Å². The zero-order chi connectivity index (χ0) is 13.3. The molecule has 1 amide bonds. The number of hydrogen-bond donors (Lipinski definition) is 1. The number of aromatic nitrogens is 1. The lowest BCUT2D eigenvalue weighted by Gasteiger charge is -2.13. The van der Waals surface area contributed by atoms with Crippen molar-refractivity contribution >= 4 is 33.1 Å². The van der Waals surface area contributed by atoms with Gasteiger partial charge in [-0.05, 0) is 25.0 Å². The minimum Gasteiger partial charge on any atom is -0.393 e. The third-order valence-corrected chi connectivity index (χ3v) is 4.49. The molecule has 1 aromatic rings. The fraction of sp³-hybridized carbons (Fsp3) is 0.300. The number of sulfonamides is 1. The number of thiocarbonyl (C=S) groups is 1. The van der Waals surface area contributed by atoms with Crippen LogP contribution < -0.4 is 5.73 Å². The van der Waals surface area contributed by atoms with Crippen molar-refractivity contribution in [2.24, 2.45) is 5.73 Å². The van der Waals surface area contributed by atoms with Crippen molar-refractivity contribution in [3.63, 3.8) is 0 Å². The SMILES string of the molecule is NC(=S)CCCN1C(=O)c2cccnc2S1(=O)=O. The molecular weight excluding hydrogens is 274 g/mol. The summed E-state index contributed by atoms with van der Waals surface area (Å²) in [6, 6.07) is 2.99. The van der Waals surface area contributed by atoms with Crippen LogP contribution in [0.4, 0.5) is 0 Å². The largest absolute Gasteiger partial charge is 0.393 e. The Balaban J connectivity index is 2.25. The normalized spacial score (nSPS) is 16.7. The van der Waals surface area contributed by atoms with E-state index in [-0.39, 0.29) is 17.1 Å². The molecule has 0 atom stereocenters. The molecule has 96 valence electrons. The quantitative estimate of drug-likeness (QED) is 0.799. The van der Waals surface area contributed by atoms with Gasteiger partial charge in [0, 0.05) is 12.7 Å². The van der Waals surface area contributed by atoms with Gasteiger partial charge in [-0.2, -0.15) is 8.42 Å². The van der Waals surface area contributed by atoms with Gasteiger partial charge in [-0.15, -0.1) is 0 Å². The Labute approximate surface area is 110 Å². The van der Waals surface area contributed by atoms with E-state index in [4.69, 9.17) is 18.0 Å². The summed E-state index contributed by atoms with van der Waals surface area (Å²) in [5, 5.41) is -0.176. The van der Waals surface area contributed by atoms with E-state index in [0.29, 0.717) is 17.8 Å². The van der Waals surface area contributed by atoms with Gasteiger partial charge >= 0.3 is 0 Å². The lowest BCUT2D eigenvalue weighted by Crippen LogP contribution is -2.31. The highest BCUT2D eigenvalue weighted by molar-refractivity contribution is 7.90. The van der Waals surface area contributed by atoms with Gasteiger partial charge in [0.1, 0.15) is 0 Å². The van der Waals surface area contributed by atoms with E-state index in [9.17, 15) is 13.2 Å². The molecule has 0 saturated carbocycles. The fourth-order valence-electron chi connectivity index (χ4n) is 1.73. The molecule has 6 nitrogen and oxygen atoms in total. The van der Waals surface area contributed by atoms with E-state index in [2.05, 4.69) is 4.98 Å². The van der Waals surface area contributed by atoms with Crippen LogP contribution in [0, 0.1) is 0 Å². The first-order valence-electron chi connectivity index (χ1n) is 5.25. The maximum Gasteiger partial charge on any atom is 0.285 e. The number of rotatable bonds is 4. The van der Waals surface area contributed by atoms with Crippen molar-refractivity contribution in [2.45, 2.75) is 17.9 Å². The zero-order valence-corrected chi connectivity index (χ0v) is 11.0. The molecule has 0 spiro atoms. The van der Waals surface area contributed by atoms with Crippen molar-refractivity contribution in [1.82, 2.24) is 9.29 Å². The molecular formula is C10H11N3O3S2. The molecule has 0 aromatic carbocycles. The molecule has 0 fully saturated rings. The van der Waals surface area contributed by atoms with Crippen LogP contribution in [0.2, 0.25) is 0 Å². The van der Waals surface area contributed by atoms with Crippen molar-refractivity contribution in [2.75, 3.05) is 6.54 Å². The van der Waals surface area contributed by atoms with Crippen LogP contribution in [0.3, 0.4) is 0 Å². The Kier molecular flexibility index (Phi) is 3.31. The summed E-state index contributed by atoms with van der Waals surface area (Å²) in [6.45, 7) is 0.0644. The molecule has 1 aromatic heterocycles. The Bertz CT molecular complexity index is 613. The molecule has 2 heterocycles. The highest BCUT2D eigenvalue weighted by Crippen LogP contribution is 2.28. The summed E-state index contributed by atoms with van der Waals surface area (Å²) in [7, 11) is -3.80. The van der Waals surface area contributed by atoms with Crippen LogP contribution in [0.1, 0.15) is 23.2 Å². The first kappa shape index (κ1) is 12.9. The molecule has 2 N–H and O–H groups in total. The summed E-state index contributed by atoms with van der Waals surface area (Å²) in [5.41, 5.74) is 5.45. The van der Waals surface area contributed by atoms with Gasteiger partial charge in [-0.25, -0.2) is 9.29 Å². The summed E-state index contributed by atoms with van der Waals surface area (Å²) < 4.78 is 24.9. The lowest BCUT2D eigenvalue weighted by atomic mass is 10.2. The number of carbonyl (C=O) groups is 1. The molecule has 0 saturated heterocycles. The van der Waals surface area contributed by atoms with Crippen molar-refractivity contribution in [3.05, 3.63) is 23.9 Å². The van der Waals surface area contributed by atoms with Crippen molar-refractivity contribution in [3.8, 4) is 0 Å². The second-order valence-electron chi connectivity index (χ2n) is 3.81. The molecule has 8 heteroatoms. The van der Waals surface area contributed by atoms with Crippen LogP contribution in [-0.4, -0.2) is 35.1 Å². The minimum absolute atomic E-state index is 0.0644. The molecule has 1 aliphatic rings. The standard InChI is InChI=1S/C10H11N3O3S2/c11-8(17)4-2-6-13-10(14)7-3-1-5-12-9(7)18(13,15)16/h1,3,5H,2,4,6H2,(H2,11,17). The van der Waals surface area contributed by atoms with Gasteiger partial charge in [0.05, 0.1) is 10.6 Å². The number of hydrogen-bond acceptors (Lipinski definition) is 5. The Morgan fingerprint density at radius 2 is 2.22 bits per heavy atom. The molecule has 1 aliphatic heterocycles. The molecule has 0 unspecified atom stereocenters. The third-order valence-electron chi connectivity index (χ3n) is 2.55. The summed E-state index contributed by atoms with van der Waals surface area (Å²) >= 11 is 4.70. The number of amides is 1. The van der Waals surface area contributed by atoms with Crippen molar-refractivity contribution in [1.29, 1.82) is 0 Å². The number of nitrogens with two attached hydrogens (primary N) is 1. The van der Waals surface area contributed by atoms with E-state index in [1.807, 2.05) is 0 Å². The first-order chi connectivity index (χ1) is 8.44. The highest BCUT2D eigenvalue weighted by Gasteiger charge is 2.41. The number of pyridine rings is 1. The predicted octanol–water partition coefficient (Wildman–Crippen LogP) is 0.292. The van der Waals surface area contributed by atoms with Gasteiger partial charge in [-0.3, -0.25) is 4.79 Å². The van der Waals surface area contributed by atoms with Crippen molar-refractivity contribution < 1.29 is 13.2 Å². The molecule has 18 heavy (non-hydrogen) atoms. The zero-order valence-electron chi connectivity index (χ0n) is 9.37. The van der Waals surface area contributed by atoms with Gasteiger partial charge < -0.3 is 5.73 Å². The molecule has 0 radical (unpaired) electrons. The second-order valence-corrected chi connectivity index (χ2v) is 6.11. The van der Waals surface area contributed by atoms with Gasteiger partial charge in [0.15, 0.2) is 5.03 Å². The molecule has 2 rings (SSSR count). The smallest absolute Gasteiger partial charge is 0.285 e. The number of carbonyl (C=O) groups excluding carboxylic acids is 1. The molecule has 0 bridgehead atoms. The fourth-order valence-corrected chi connectivity index (χ4v) is 3.39. The average molecular weight is 285 g/mol. The summed E-state index contributed by atoms with van der Waals surface area (Å²) in [4.78, 5) is 16.0. The van der Waals surface area contributed by atoms with E-state index in [1.165, 1.54) is 18.3 Å². The van der Waals surface area contributed by atoms with E-state index < -0.39 is 15.9 Å². The van der Waals surface area contributed by atoms with Crippen LogP contribution in [0.15, 0.2) is 23.4 Å². The van der Waals surface area contributed by atoms with Crippen LogP contribution in [0.25, 0.3) is 0 Å². The van der Waals surface area contributed by atoms with Crippen LogP contribution >= 0.6 is 12.2 Å². The second kappa shape index (κ2) is 4.62. The lowest BCUT2D eigenvalue weighted by molar-refractivity contribution is 0.0870. The van der Waals surface area contributed by atoms with E-state index in [0.717, 1.165) is 4.31 Å². The highest BCUT2D eigenvalue weighted by atomic mass is 32.2. The first-order valence-corrected chi connectivity index (χ1v) is 7.10. The monoisotopic (exact) mass is 285 g/mol.